The van der Waals surface area contributed by atoms with E-state index in [1.807, 2.05) is 0 Å². The van der Waals surface area contributed by atoms with Crippen LogP contribution >= 0.6 is 0 Å². The van der Waals surface area contributed by atoms with Gasteiger partial charge in [0.1, 0.15) is 11.5 Å². The Hall–Kier alpha value is -2.37. The summed E-state index contributed by atoms with van der Waals surface area (Å²) >= 11 is 0. The maximum atomic E-state index is 13.1. The number of aromatic nitrogens is 3. The first kappa shape index (κ1) is 9.83. The van der Waals surface area contributed by atoms with Gasteiger partial charge in [-0.2, -0.15) is 0 Å². The molecule has 0 bridgehead atoms. The van der Waals surface area contributed by atoms with Gasteiger partial charge in [-0.25, -0.2) is 14.2 Å². The van der Waals surface area contributed by atoms with E-state index < -0.39 is 5.97 Å². The van der Waals surface area contributed by atoms with Crippen molar-refractivity contribution in [3.63, 3.8) is 0 Å². The quantitative estimate of drug-likeness (QED) is 0.695. The molecular formula is C11H8FN3O2. The zero-order valence-corrected chi connectivity index (χ0v) is 8.88. The Morgan fingerprint density at radius 3 is 2.94 bits per heavy atom. The fraction of sp³-hybridized carbons (Fsp3) is 0.0909. The largest absolute Gasteiger partial charge is 0.477 e. The van der Waals surface area contributed by atoms with Crippen molar-refractivity contribution in [2.24, 2.45) is 7.05 Å². The molecule has 6 heteroatoms. The van der Waals surface area contributed by atoms with Crippen molar-refractivity contribution in [3.8, 4) is 0 Å². The van der Waals surface area contributed by atoms with Gasteiger partial charge in [-0.3, -0.25) is 4.40 Å². The van der Waals surface area contributed by atoms with Crippen molar-refractivity contribution in [1.82, 2.24) is 14.0 Å². The number of fused-ring (bicyclic) bond motifs is 3. The summed E-state index contributed by atoms with van der Waals surface area (Å²) in [5.74, 6) is -0.939. The molecule has 0 aliphatic rings. The Kier molecular flexibility index (Phi) is 1.77. The lowest BCUT2D eigenvalue weighted by Crippen LogP contribution is -2.03. The number of aryl methyl sites for hydroxylation is 1. The predicted molar refractivity (Wildman–Crippen MR) is 58.6 cm³/mol. The van der Waals surface area contributed by atoms with E-state index in [-0.39, 0.29) is 11.5 Å². The maximum absolute atomic E-state index is 13.1. The maximum Gasteiger partial charge on any atom is 0.354 e. The van der Waals surface area contributed by atoms with Crippen LogP contribution in [0.15, 0.2) is 24.4 Å². The van der Waals surface area contributed by atoms with Crippen LogP contribution in [0.4, 0.5) is 4.39 Å². The number of carboxylic acids is 1. The zero-order valence-electron chi connectivity index (χ0n) is 8.88. The van der Waals surface area contributed by atoms with Crippen molar-refractivity contribution in [2.45, 2.75) is 0 Å². The molecule has 0 saturated heterocycles. The van der Waals surface area contributed by atoms with Gasteiger partial charge in [0, 0.05) is 19.3 Å². The van der Waals surface area contributed by atoms with Gasteiger partial charge in [-0.15, -0.1) is 0 Å². The summed E-state index contributed by atoms with van der Waals surface area (Å²) in [6.07, 6.45) is 1.44. The standard InChI is InChI=1S/C11H8FN3O2/c1-14-9(10(16)17)5-15-8-4-6(12)2-3-7(8)13-11(14)15/h2-5H,1H3,(H,16,17). The van der Waals surface area contributed by atoms with Gasteiger partial charge in [0.15, 0.2) is 0 Å². The topological polar surface area (TPSA) is 59.5 Å². The van der Waals surface area contributed by atoms with Gasteiger partial charge < -0.3 is 9.67 Å². The van der Waals surface area contributed by atoms with Crippen molar-refractivity contribution < 1.29 is 14.3 Å². The highest BCUT2D eigenvalue weighted by atomic mass is 19.1. The number of nitrogens with zero attached hydrogens (tertiary/aromatic N) is 3. The predicted octanol–water partition coefficient (Wildman–Crippen LogP) is 1.66. The molecule has 0 amide bonds. The van der Waals surface area contributed by atoms with Gasteiger partial charge in [0.2, 0.25) is 5.78 Å². The molecular weight excluding hydrogens is 225 g/mol. The molecule has 0 fully saturated rings. The van der Waals surface area contributed by atoms with E-state index in [9.17, 15) is 9.18 Å². The van der Waals surface area contributed by atoms with Gasteiger partial charge in [-0.05, 0) is 12.1 Å². The molecule has 86 valence electrons. The van der Waals surface area contributed by atoms with Crippen LogP contribution in [0, 0.1) is 5.82 Å². The molecule has 0 atom stereocenters. The molecule has 2 heterocycles. The fourth-order valence-electron chi connectivity index (χ4n) is 1.93. The Morgan fingerprint density at radius 2 is 2.24 bits per heavy atom. The van der Waals surface area contributed by atoms with Crippen molar-refractivity contribution in [3.05, 3.63) is 35.9 Å². The van der Waals surface area contributed by atoms with Gasteiger partial charge >= 0.3 is 5.97 Å². The number of carboxylic acid groups (broad SMARTS) is 1. The molecule has 0 aliphatic carbocycles. The highest BCUT2D eigenvalue weighted by molar-refractivity contribution is 5.88. The van der Waals surface area contributed by atoms with Crippen molar-refractivity contribution in [1.29, 1.82) is 0 Å². The summed E-state index contributed by atoms with van der Waals surface area (Å²) in [5, 5.41) is 8.98. The molecule has 0 unspecified atom stereocenters. The average molecular weight is 233 g/mol. The van der Waals surface area contributed by atoms with Crippen molar-refractivity contribution >= 4 is 22.8 Å². The smallest absolute Gasteiger partial charge is 0.354 e. The van der Waals surface area contributed by atoms with Crippen LogP contribution in [0.25, 0.3) is 16.8 Å². The lowest BCUT2D eigenvalue weighted by atomic mass is 10.3. The van der Waals surface area contributed by atoms with Crippen LogP contribution in [0.2, 0.25) is 0 Å². The average Bonchev–Trinajstić information content (AvgIpc) is 2.77. The van der Waals surface area contributed by atoms with E-state index in [1.165, 1.54) is 22.9 Å². The molecule has 0 radical (unpaired) electrons. The van der Waals surface area contributed by atoms with Crippen LogP contribution in [-0.2, 0) is 7.05 Å². The van der Waals surface area contributed by atoms with Crippen LogP contribution in [-0.4, -0.2) is 25.0 Å². The third-order valence-corrected chi connectivity index (χ3v) is 2.76. The number of halogens is 1. The third kappa shape index (κ3) is 1.24. The summed E-state index contributed by atoms with van der Waals surface area (Å²) in [4.78, 5) is 15.2. The first-order valence-electron chi connectivity index (χ1n) is 4.94. The van der Waals surface area contributed by atoms with Gasteiger partial charge in [0.05, 0.1) is 11.0 Å². The first-order chi connectivity index (χ1) is 8.08. The number of imidazole rings is 2. The number of carbonyl (C=O) groups is 1. The highest BCUT2D eigenvalue weighted by Gasteiger charge is 2.16. The van der Waals surface area contributed by atoms with Gasteiger partial charge in [0.25, 0.3) is 0 Å². The molecule has 17 heavy (non-hydrogen) atoms. The van der Waals surface area contributed by atoms with E-state index in [2.05, 4.69) is 4.98 Å². The van der Waals surface area contributed by atoms with Crippen LogP contribution in [0.3, 0.4) is 0 Å². The minimum absolute atomic E-state index is 0.110. The van der Waals surface area contributed by atoms with Crippen LogP contribution in [0.5, 0.6) is 0 Å². The summed E-state index contributed by atoms with van der Waals surface area (Å²) < 4.78 is 16.2. The summed E-state index contributed by atoms with van der Waals surface area (Å²) in [6.45, 7) is 0. The Bertz CT molecular complexity index is 757. The number of aromatic carboxylic acids is 1. The Balaban J connectivity index is 2.47. The van der Waals surface area contributed by atoms with Crippen molar-refractivity contribution in [2.75, 3.05) is 0 Å². The zero-order chi connectivity index (χ0) is 12.2. The second-order valence-electron chi connectivity index (χ2n) is 3.79. The third-order valence-electron chi connectivity index (χ3n) is 2.76. The van der Waals surface area contributed by atoms with E-state index in [4.69, 9.17) is 5.11 Å². The molecule has 1 aromatic carbocycles. The number of rotatable bonds is 1. The number of hydrogen-bond acceptors (Lipinski definition) is 2. The minimum Gasteiger partial charge on any atom is -0.477 e. The first-order valence-corrected chi connectivity index (χ1v) is 4.94. The molecule has 3 rings (SSSR count). The van der Waals surface area contributed by atoms with E-state index in [1.54, 1.807) is 17.5 Å². The van der Waals surface area contributed by atoms with Gasteiger partial charge in [-0.1, -0.05) is 0 Å². The summed E-state index contributed by atoms with van der Waals surface area (Å²) in [6, 6.07) is 4.23. The van der Waals surface area contributed by atoms with Crippen LogP contribution < -0.4 is 0 Å². The molecule has 2 aromatic heterocycles. The number of benzene rings is 1. The minimum atomic E-state index is -1.04. The summed E-state index contributed by atoms with van der Waals surface area (Å²) in [7, 11) is 1.61. The second-order valence-corrected chi connectivity index (χ2v) is 3.79. The van der Waals surface area contributed by atoms with E-state index in [0.29, 0.717) is 16.8 Å². The number of hydrogen-bond donors (Lipinski definition) is 1. The second kappa shape index (κ2) is 3.07. The molecule has 3 aromatic rings. The lowest BCUT2D eigenvalue weighted by molar-refractivity contribution is 0.0687. The van der Waals surface area contributed by atoms with E-state index in [0.717, 1.165) is 0 Å². The Morgan fingerprint density at radius 1 is 1.47 bits per heavy atom. The van der Waals surface area contributed by atoms with E-state index >= 15 is 0 Å². The molecule has 0 spiro atoms. The molecule has 0 aliphatic heterocycles. The monoisotopic (exact) mass is 233 g/mol. The highest BCUT2D eigenvalue weighted by Crippen LogP contribution is 2.19. The molecule has 1 N–H and O–H groups in total. The molecule has 0 saturated carbocycles. The Labute approximate surface area is 94.7 Å². The fourth-order valence-corrected chi connectivity index (χ4v) is 1.93. The SMILES string of the molecule is Cn1c(C(=O)O)cn2c3cc(F)ccc3nc12. The lowest BCUT2D eigenvalue weighted by Gasteiger charge is -1.94. The normalized spacial score (nSPS) is 11.4. The van der Waals surface area contributed by atoms with Crippen LogP contribution in [0.1, 0.15) is 10.5 Å². The summed E-state index contributed by atoms with van der Waals surface area (Å²) in [5.41, 5.74) is 1.30. The molecule has 5 nitrogen and oxygen atoms in total.